The Bertz CT molecular complexity index is 1020. The van der Waals surface area contributed by atoms with Crippen LogP contribution < -0.4 is 14.8 Å². The first kappa shape index (κ1) is 19.6. The molecule has 0 radical (unpaired) electrons. The number of rotatable bonds is 6. The molecule has 1 heterocycles. The number of aromatic hydroxyl groups is 1. The summed E-state index contributed by atoms with van der Waals surface area (Å²) in [5, 5.41) is 17.3. The van der Waals surface area contributed by atoms with E-state index in [4.69, 9.17) is 21.1 Å². The minimum atomic E-state index is -0.395. The second-order valence-electron chi connectivity index (χ2n) is 6.19. The number of hydrogen-bond acceptors (Lipinski definition) is 5. The standard InChI is InChI=1S/C20H20ClN3O4/c1-12-6-17(25)16(8-15(12)21)23-20(26)14-9-22-24(11-14)10-13-4-5-18(27-2)19(7-13)28-3/h4-9,11,25H,10H2,1-3H3,(H,23,26). The first-order valence-corrected chi connectivity index (χ1v) is 8.83. The Kier molecular flexibility index (Phi) is 5.75. The third-order valence-electron chi connectivity index (χ3n) is 4.21. The molecule has 0 saturated carbocycles. The van der Waals surface area contributed by atoms with Crippen LogP contribution in [-0.4, -0.2) is 35.0 Å². The van der Waals surface area contributed by atoms with Crippen LogP contribution >= 0.6 is 11.6 Å². The molecule has 2 N–H and O–H groups in total. The maximum Gasteiger partial charge on any atom is 0.258 e. The molecule has 3 rings (SSSR count). The first-order valence-electron chi connectivity index (χ1n) is 8.45. The Balaban J connectivity index is 1.73. The number of benzene rings is 2. The van der Waals surface area contributed by atoms with Crippen LogP contribution in [0.5, 0.6) is 17.2 Å². The number of carbonyl (C=O) groups is 1. The average molecular weight is 402 g/mol. The number of hydrogen-bond donors (Lipinski definition) is 2. The number of phenols is 1. The molecule has 0 fully saturated rings. The summed E-state index contributed by atoms with van der Waals surface area (Å²) in [4.78, 5) is 12.5. The predicted octanol–water partition coefficient (Wildman–Crippen LogP) is 3.87. The Morgan fingerprint density at radius 3 is 2.68 bits per heavy atom. The molecule has 8 heteroatoms. The van der Waals surface area contributed by atoms with E-state index >= 15 is 0 Å². The molecule has 3 aromatic rings. The second kappa shape index (κ2) is 8.22. The van der Waals surface area contributed by atoms with E-state index in [2.05, 4.69) is 10.4 Å². The summed E-state index contributed by atoms with van der Waals surface area (Å²) in [5.74, 6) is 0.821. The number of aromatic nitrogens is 2. The Morgan fingerprint density at radius 1 is 1.21 bits per heavy atom. The Labute approximate surface area is 167 Å². The third kappa shape index (κ3) is 4.20. The Hall–Kier alpha value is -3.19. The lowest BCUT2D eigenvalue weighted by molar-refractivity contribution is 0.102. The summed E-state index contributed by atoms with van der Waals surface area (Å²) in [5.41, 5.74) is 2.26. The molecule has 1 amide bonds. The number of phenolic OH excluding ortho intramolecular Hbond substituents is 1. The van der Waals surface area contributed by atoms with E-state index in [1.807, 2.05) is 18.2 Å². The summed E-state index contributed by atoms with van der Waals surface area (Å²) in [6, 6.07) is 8.58. The van der Waals surface area contributed by atoms with Crippen LogP contribution in [0.15, 0.2) is 42.7 Å². The quantitative estimate of drug-likeness (QED) is 0.612. The van der Waals surface area contributed by atoms with Crippen LogP contribution in [0.2, 0.25) is 5.02 Å². The van der Waals surface area contributed by atoms with Gasteiger partial charge in [0.1, 0.15) is 5.75 Å². The Morgan fingerprint density at radius 2 is 1.96 bits per heavy atom. The van der Waals surface area contributed by atoms with Gasteiger partial charge in [-0.1, -0.05) is 17.7 Å². The second-order valence-corrected chi connectivity index (χ2v) is 6.60. The minimum Gasteiger partial charge on any atom is -0.506 e. The van der Waals surface area contributed by atoms with E-state index in [9.17, 15) is 9.90 Å². The normalized spacial score (nSPS) is 10.6. The summed E-state index contributed by atoms with van der Waals surface area (Å²) in [6.07, 6.45) is 3.09. The lowest BCUT2D eigenvalue weighted by Crippen LogP contribution is -2.11. The number of methoxy groups -OCH3 is 2. The van der Waals surface area contributed by atoms with Gasteiger partial charge < -0.3 is 19.9 Å². The lowest BCUT2D eigenvalue weighted by atomic mass is 10.2. The molecule has 0 saturated heterocycles. The van der Waals surface area contributed by atoms with E-state index in [-0.39, 0.29) is 11.4 Å². The molecule has 1 aromatic heterocycles. The molecule has 0 aliphatic rings. The molecule has 7 nitrogen and oxygen atoms in total. The molecule has 0 atom stereocenters. The van der Waals surface area contributed by atoms with Gasteiger partial charge in [0.2, 0.25) is 0 Å². The molecule has 2 aromatic carbocycles. The minimum absolute atomic E-state index is 0.0482. The SMILES string of the molecule is COc1ccc(Cn2cc(C(=O)Nc3cc(Cl)c(C)cc3O)cn2)cc1OC. The number of halogens is 1. The zero-order chi connectivity index (χ0) is 20.3. The van der Waals surface area contributed by atoms with Crippen molar-refractivity contribution in [2.75, 3.05) is 19.5 Å². The van der Waals surface area contributed by atoms with Gasteiger partial charge in [-0.15, -0.1) is 0 Å². The van der Waals surface area contributed by atoms with Gasteiger partial charge in [-0.3, -0.25) is 9.48 Å². The van der Waals surface area contributed by atoms with Crippen molar-refractivity contribution >= 4 is 23.2 Å². The first-order chi connectivity index (χ1) is 13.4. The fourth-order valence-corrected chi connectivity index (χ4v) is 2.86. The zero-order valence-corrected chi connectivity index (χ0v) is 16.4. The van der Waals surface area contributed by atoms with Crippen molar-refractivity contribution in [3.63, 3.8) is 0 Å². The van der Waals surface area contributed by atoms with Gasteiger partial charge in [0.15, 0.2) is 11.5 Å². The highest BCUT2D eigenvalue weighted by molar-refractivity contribution is 6.31. The molecule has 146 valence electrons. The fourth-order valence-electron chi connectivity index (χ4n) is 2.69. The highest BCUT2D eigenvalue weighted by Gasteiger charge is 2.13. The molecule has 0 aliphatic heterocycles. The highest BCUT2D eigenvalue weighted by atomic mass is 35.5. The van der Waals surface area contributed by atoms with E-state index in [1.165, 1.54) is 18.3 Å². The van der Waals surface area contributed by atoms with E-state index < -0.39 is 5.91 Å². The van der Waals surface area contributed by atoms with Crippen LogP contribution in [0, 0.1) is 6.92 Å². The van der Waals surface area contributed by atoms with Gasteiger partial charge in [0.25, 0.3) is 5.91 Å². The number of nitrogens with one attached hydrogen (secondary N) is 1. The van der Waals surface area contributed by atoms with E-state index in [0.29, 0.717) is 28.6 Å². The number of ether oxygens (including phenoxy) is 2. The number of anilines is 1. The lowest BCUT2D eigenvalue weighted by Gasteiger charge is -2.09. The van der Waals surface area contributed by atoms with E-state index in [0.717, 1.165) is 11.1 Å². The topological polar surface area (TPSA) is 85.6 Å². The van der Waals surface area contributed by atoms with Crippen molar-refractivity contribution in [1.82, 2.24) is 9.78 Å². The third-order valence-corrected chi connectivity index (χ3v) is 4.62. The van der Waals surface area contributed by atoms with Crippen molar-refractivity contribution in [3.8, 4) is 17.2 Å². The van der Waals surface area contributed by atoms with Gasteiger partial charge in [-0.05, 0) is 42.3 Å². The van der Waals surface area contributed by atoms with Crippen LogP contribution in [0.4, 0.5) is 5.69 Å². The van der Waals surface area contributed by atoms with Crippen LogP contribution in [0.3, 0.4) is 0 Å². The van der Waals surface area contributed by atoms with Gasteiger partial charge in [0.05, 0.1) is 38.2 Å². The molecule has 0 aliphatic carbocycles. The van der Waals surface area contributed by atoms with Crippen LogP contribution in [-0.2, 0) is 6.54 Å². The predicted molar refractivity (Wildman–Crippen MR) is 107 cm³/mol. The van der Waals surface area contributed by atoms with Gasteiger partial charge in [-0.25, -0.2) is 0 Å². The van der Waals surface area contributed by atoms with E-state index in [1.54, 1.807) is 32.0 Å². The number of aryl methyl sites for hydroxylation is 1. The van der Waals surface area contributed by atoms with Crippen molar-refractivity contribution in [2.45, 2.75) is 13.5 Å². The average Bonchev–Trinajstić information content (AvgIpc) is 3.14. The van der Waals surface area contributed by atoms with Gasteiger partial charge >= 0.3 is 0 Å². The maximum atomic E-state index is 12.5. The van der Waals surface area contributed by atoms with Crippen LogP contribution in [0.25, 0.3) is 0 Å². The number of carbonyl (C=O) groups excluding carboxylic acids is 1. The van der Waals surface area contributed by atoms with Crippen molar-refractivity contribution in [1.29, 1.82) is 0 Å². The molecule has 0 bridgehead atoms. The summed E-state index contributed by atoms with van der Waals surface area (Å²) in [6.45, 7) is 2.22. The molecule has 0 unspecified atom stereocenters. The fraction of sp³-hybridized carbons (Fsp3) is 0.200. The molecule has 28 heavy (non-hydrogen) atoms. The number of nitrogens with zero attached hydrogens (tertiary/aromatic N) is 2. The summed E-state index contributed by atoms with van der Waals surface area (Å²) in [7, 11) is 3.15. The molecule has 0 spiro atoms. The number of amides is 1. The summed E-state index contributed by atoms with van der Waals surface area (Å²) >= 11 is 6.06. The van der Waals surface area contributed by atoms with Crippen LogP contribution in [0.1, 0.15) is 21.5 Å². The largest absolute Gasteiger partial charge is 0.506 e. The van der Waals surface area contributed by atoms with Crippen molar-refractivity contribution in [3.05, 3.63) is 64.4 Å². The smallest absolute Gasteiger partial charge is 0.258 e. The van der Waals surface area contributed by atoms with Gasteiger partial charge in [-0.2, -0.15) is 5.10 Å². The van der Waals surface area contributed by atoms with Gasteiger partial charge in [0, 0.05) is 11.2 Å². The monoisotopic (exact) mass is 401 g/mol. The molecular formula is C20H20ClN3O4. The maximum absolute atomic E-state index is 12.5. The van der Waals surface area contributed by atoms with Crippen molar-refractivity contribution < 1.29 is 19.4 Å². The van der Waals surface area contributed by atoms with Crippen molar-refractivity contribution in [2.24, 2.45) is 0 Å². The zero-order valence-electron chi connectivity index (χ0n) is 15.7. The molecular weight excluding hydrogens is 382 g/mol. The summed E-state index contributed by atoms with van der Waals surface area (Å²) < 4.78 is 12.2. The highest BCUT2D eigenvalue weighted by Crippen LogP contribution is 2.30.